The first kappa shape index (κ1) is 16.6. The Morgan fingerprint density at radius 1 is 1.32 bits per heavy atom. The van der Waals surface area contributed by atoms with Crippen LogP contribution in [0.3, 0.4) is 0 Å². The summed E-state index contributed by atoms with van der Waals surface area (Å²) in [6, 6.07) is 6.62. The Hall–Kier alpha value is -1.79. The van der Waals surface area contributed by atoms with Gasteiger partial charge in [0.25, 0.3) is 5.89 Å². The molecule has 1 heterocycles. The fourth-order valence-corrected chi connectivity index (χ4v) is 2.03. The minimum atomic E-state index is 0. The highest BCUT2D eigenvalue weighted by Crippen LogP contribution is 2.29. The second-order valence-corrected chi connectivity index (χ2v) is 5.16. The highest BCUT2D eigenvalue weighted by molar-refractivity contribution is 5.85. The molecule has 0 radical (unpaired) electrons. The number of nitrogens with zero attached hydrogens (tertiary/aromatic N) is 2. The lowest BCUT2D eigenvalue weighted by atomic mass is 10.2. The number of benzene rings is 1. The molecule has 0 saturated heterocycles. The molecule has 0 amide bonds. The van der Waals surface area contributed by atoms with Crippen LogP contribution in [0.25, 0.3) is 0 Å². The Morgan fingerprint density at radius 2 is 2.14 bits per heavy atom. The molecule has 1 aliphatic rings. The van der Waals surface area contributed by atoms with Crippen molar-refractivity contribution in [3.05, 3.63) is 35.5 Å². The van der Waals surface area contributed by atoms with Gasteiger partial charge in [0, 0.05) is 12.6 Å². The molecule has 0 atom stereocenters. The third-order valence-corrected chi connectivity index (χ3v) is 3.32. The molecule has 2 aromatic rings. The van der Waals surface area contributed by atoms with Crippen LogP contribution in [0.1, 0.15) is 30.1 Å². The van der Waals surface area contributed by atoms with Crippen LogP contribution >= 0.6 is 12.4 Å². The molecule has 120 valence electrons. The molecule has 1 saturated carbocycles. The Morgan fingerprint density at radius 3 is 2.77 bits per heavy atom. The number of halogens is 1. The van der Waals surface area contributed by atoms with Gasteiger partial charge in [0.1, 0.15) is 0 Å². The average Bonchev–Trinajstić information content (AvgIpc) is 3.24. The van der Waals surface area contributed by atoms with Crippen molar-refractivity contribution in [3.63, 3.8) is 0 Å². The van der Waals surface area contributed by atoms with E-state index in [4.69, 9.17) is 14.0 Å². The van der Waals surface area contributed by atoms with Gasteiger partial charge in [-0.25, -0.2) is 0 Å². The number of ether oxygens (including phenoxy) is 2. The third-order valence-electron chi connectivity index (χ3n) is 3.32. The first-order chi connectivity index (χ1) is 10.2. The number of nitrogens with one attached hydrogen (secondary N) is 1. The number of aromatic nitrogens is 2. The summed E-state index contributed by atoms with van der Waals surface area (Å²) in [6.07, 6.45) is 2.56. The molecule has 22 heavy (non-hydrogen) atoms. The average molecular weight is 326 g/mol. The molecular weight excluding hydrogens is 306 g/mol. The lowest BCUT2D eigenvalue weighted by Crippen LogP contribution is -2.15. The van der Waals surface area contributed by atoms with Crippen molar-refractivity contribution in [2.75, 3.05) is 7.11 Å². The molecule has 0 spiro atoms. The zero-order valence-electron chi connectivity index (χ0n) is 12.7. The maximum atomic E-state index is 5.68. The molecule has 1 N–H and O–H groups in total. The van der Waals surface area contributed by atoms with Crippen molar-refractivity contribution in [1.29, 1.82) is 0 Å². The van der Waals surface area contributed by atoms with Gasteiger partial charge in [-0.1, -0.05) is 11.2 Å². The monoisotopic (exact) mass is 325 g/mol. The van der Waals surface area contributed by atoms with Crippen LogP contribution in [0.4, 0.5) is 0 Å². The van der Waals surface area contributed by atoms with Gasteiger partial charge in [-0.2, -0.15) is 4.98 Å². The second-order valence-electron chi connectivity index (χ2n) is 5.16. The molecule has 1 fully saturated rings. The minimum Gasteiger partial charge on any atom is -0.493 e. The molecule has 7 heteroatoms. The molecule has 1 aromatic carbocycles. The van der Waals surface area contributed by atoms with Crippen LogP contribution < -0.4 is 14.8 Å². The van der Waals surface area contributed by atoms with Crippen LogP contribution in [0.2, 0.25) is 0 Å². The lowest BCUT2D eigenvalue weighted by molar-refractivity contribution is 0.233. The predicted octanol–water partition coefficient (Wildman–Crippen LogP) is 2.64. The van der Waals surface area contributed by atoms with Crippen LogP contribution in [0, 0.1) is 6.92 Å². The van der Waals surface area contributed by atoms with E-state index in [1.54, 1.807) is 14.0 Å². The molecule has 0 unspecified atom stereocenters. The van der Waals surface area contributed by atoms with Gasteiger partial charge >= 0.3 is 0 Å². The smallest absolute Gasteiger partial charge is 0.264 e. The molecular formula is C15H20ClN3O3. The van der Waals surface area contributed by atoms with Crippen molar-refractivity contribution in [3.8, 4) is 11.5 Å². The quantitative estimate of drug-likeness (QED) is 0.844. The molecule has 1 aromatic heterocycles. The van der Waals surface area contributed by atoms with Crippen LogP contribution in [-0.4, -0.2) is 23.3 Å². The van der Waals surface area contributed by atoms with Gasteiger partial charge in [0.15, 0.2) is 23.9 Å². The van der Waals surface area contributed by atoms with Crippen molar-refractivity contribution >= 4 is 12.4 Å². The van der Waals surface area contributed by atoms with Crippen LogP contribution in [-0.2, 0) is 13.2 Å². The molecule has 0 bridgehead atoms. The van der Waals surface area contributed by atoms with E-state index in [1.807, 2.05) is 18.2 Å². The second kappa shape index (κ2) is 7.47. The van der Waals surface area contributed by atoms with Crippen LogP contribution in [0.15, 0.2) is 22.7 Å². The number of hydrogen-bond donors (Lipinski definition) is 1. The summed E-state index contributed by atoms with van der Waals surface area (Å²) in [4.78, 5) is 4.10. The highest BCUT2D eigenvalue weighted by atomic mass is 35.5. The zero-order chi connectivity index (χ0) is 14.7. The fraction of sp³-hybridized carbons (Fsp3) is 0.467. The van der Waals surface area contributed by atoms with E-state index in [0.717, 1.165) is 6.54 Å². The van der Waals surface area contributed by atoms with Crippen LogP contribution in [0.5, 0.6) is 11.5 Å². The molecule has 6 nitrogen and oxygen atoms in total. The standard InChI is InChI=1S/C15H19N3O3.ClH/c1-10-17-15(21-18-10)9-20-13-6-3-11(7-14(13)19-2)8-16-12-4-5-12;/h3,6-7,12,16H,4-5,8-9H2,1-2H3;1H. The van der Waals surface area contributed by atoms with Gasteiger partial charge in [-0.15, -0.1) is 12.4 Å². The summed E-state index contributed by atoms with van der Waals surface area (Å²) in [5.41, 5.74) is 1.18. The summed E-state index contributed by atoms with van der Waals surface area (Å²) >= 11 is 0. The fourth-order valence-electron chi connectivity index (χ4n) is 2.03. The SMILES string of the molecule is COc1cc(CNC2CC2)ccc1OCc1nc(C)no1.Cl. The van der Waals surface area contributed by atoms with Crippen molar-refractivity contribution in [2.24, 2.45) is 0 Å². The highest BCUT2D eigenvalue weighted by Gasteiger charge is 2.20. The number of hydrogen-bond acceptors (Lipinski definition) is 6. The van der Waals surface area contributed by atoms with Gasteiger partial charge in [0.05, 0.1) is 7.11 Å². The first-order valence-electron chi connectivity index (χ1n) is 7.07. The van der Waals surface area contributed by atoms with E-state index in [-0.39, 0.29) is 19.0 Å². The van der Waals surface area contributed by atoms with Gasteiger partial charge < -0.3 is 19.3 Å². The molecule has 3 rings (SSSR count). The summed E-state index contributed by atoms with van der Waals surface area (Å²) in [7, 11) is 1.64. The van der Waals surface area contributed by atoms with Crippen molar-refractivity contribution < 1.29 is 14.0 Å². The van der Waals surface area contributed by atoms with E-state index >= 15 is 0 Å². The van der Waals surface area contributed by atoms with Gasteiger partial charge in [0.2, 0.25) is 0 Å². The number of methoxy groups -OCH3 is 1. The summed E-state index contributed by atoms with van der Waals surface area (Å²) in [6.45, 7) is 2.86. The van der Waals surface area contributed by atoms with Gasteiger partial charge in [-0.3, -0.25) is 0 Å². The van der Waals surface area contributed by atoms with E-state index in [2.05, 4.69) is 15.5 Å². The van der Waals surface area contributed by atoms with E-state index in [9.17, 15) is 0 Å². The lowest BCUT2D eigenvalue weighted by Gasteiger charge is -2.11. The maximum absolute atomic E-state index is 5.68. The minimum absolute atomic E-state index is 0. The summed E-state index contributed by atoms with van der Waals surface area (Å²) < 4.78 is 16.1. The third kappa shape index (κ3) is 4.35. The first-order valence-corrected chi connectivity index (χ1v) is 7.07. The van der Waals surface area contributed by atoms with Gasteiger partial charge in [-0.05, 0) is 37.5 Å². The number of aryl methyl sites for hydroxylation is 1. The topological polar surface area (TPSA) is 69.4 Å². The zero-order valence-corrected chi connectivity index (χ0v) is 13.5. The number of rotatable bonds is 7. The summed E-state index contributed by atoms with van der Waals surface area (Å²) in [5.74, 6) is 2.43. The Balaban J connectivity index is 0.00000176. The van der Waals surface area contributed by atoms with E-state index in [0.29, 0.717) is 29.3 Å². The Kier molecular flexibility index (Phi) is 5.63. The Labute approximate surface area is 135 Å². The normalized spacial score (nSPS) is 13.5. The molecule has 0 aliphatic heterocycles. The largest absolute Gasteiger partial charge is 0.493 e. The molecule has 1 aliphatic carbocycles. The Bertz CT molecular complexity index is 614. The summed E-state index contributed by atoms with van der Waals surface area (Å²) in [5, 5.41) is 7.20. The van der Waals surface area contributed by atoms with Crippen molar-refractivity contribution in [1.82, 2.24) is 15.5 Å². The van der Waals surface area contributed by atoms with Crippen molar-refractivity contribution in [2.45, 2.75) is 39.0 Å². The van der Waals surface area contributed by atoms with E-state index in [1.165, 1.54) is 18.4 Å². The maximum Gasteiger partial charge on any atom is 0.264 e. The predicted molar refractivity (Wildman–Crippen MR) is 83.5 cm³/mol. The van der Waals surface area contributed by atoms with E-state index < -0.39 is 0 Å².